The maximum absolute atomic E-state index is 12.8. The van der Waals surface area contributed by atoms with Crippen LogP contribution in [0.2, 0.25) is 0 Å². The predicted molar refractivity (Wildman–Crippen MR) is 112 cm³/mol. The molecule has 0 radical (unpaired) electrons. The first-order valence-electron chi connectivity index (χ1n) is 9.65. The molecule has 0 unspecified atom stereocenters. The molecule has 1 aliphatic carbocycles. The first-order valence-corrected chi connectivity index (χ1v) is 9.65. The number of methoxy groups -OCH3 is 1. The Bertz CT molecular complexity index is 1050. The molecule has 0 aliphatic heterocycles. The summed E-state index contributed by atoms with van der Waals surface area (Å²) in [6.45, 7) is 2.43. The van der Waals surface area contributed by atoms with Gasteiger partial charge in [-0.05, 0) is 60.2 Å². The van der Waals surface area contributed by atoms with Crippen LogP contribution in [-0.4, -0.2) is 24.7 Å². The number of benzene rings is 2. The minimum Gasteiger partial charge on any atom is -0.497 e. The van der Waals surface area contributed by atoms with Crippen molar-refractivity contribution in [3.8, 4) is 5.75 Å². The molecule has 4 rings (SSSR count). The second-order valence-electron chi connectivity index (χ2n) is 6.91. The molecule has 0 saturated carbocycles. The molecule has 4 heteroatoms. The van der Waals surface area contributed by atoms with Crippen LogP contribution in [0.1, 0.15) is 46.9 Å². The van der Waals surface area contributed by atoms with Gasteiger partial charge >= 0.3 is 5.97 Å². The van der Waals surface area contributed by atoms with E-state index in [2.05, 4.69) is 6.08 Å². The maximum Gasteiger partial charge on any atom is 0.339 e. The summed E-state index contributed by atoms with van der Waals surface area (Å²) in [5.41, 5.74) is 5.65. The fourth-order valence-corrected chi connectivity index (χ4v) is 3.68. The van der Waals surface area contributed by atoms with E-state index in [1.807, 2.05) is 55.5 Å². The Hall–Kier alpha value is -3.14. The Balaban J connectivity index is 1.81. The maximum atomic E-state index is 12.8. The van der Waals surface area contributed by atoms with Gasteiger partial charge in [-0.2, -0.15) is 0 Å². The number of nitrogens with zero attached hydrogens (tertiary/aromatic N) is 1. The van der Waals surface area contributed by atoms with Gasteiger partial charge in [0.25, 0.3) is 0 Å². The van der Waals surface area contributed by atoms with E-state index in [0.717, 1.165) is 58.3 Å². The van der Waals surface area contributed by atoms with Gasteiger partial charge in [0.2, 0.25) is 0 Å². The van der Waals surface area contributed by atoms with Crippen LogP contribution in [0.5, 0.6) is 5.75 Å². The summed E-state index contributed by atoms with van der Waals surface area (Å²) in [7, 11) is 1.66. The molecule has 0 N–H and O–H groups in total. The highest BCUT2D eigenvalue weighted by Gasteiger charge is 2.27. The van der Waals surface area contributed by atoms with Crippen LogP contribution in [0, 0.1) is 0 Å². The van der Waals surface area contributed by atoms with E-state index in [1.165, 1.54) is 0 Å². The Morgan fingerprint density at radius 3 is 2.64 bits per heavy atom. The van der Waals surface area contributed by atoms with E-state index in [4.69, 9.17) is 14.5 Å². The summed E-state index contributed by atoms with van der Waals surface area (Å²) in [4.78, 5) is 17.7. The average molecular weight is 373 g/mol. The average Bonchev–Trinajstić information content (AvgIpc) is 3.12. The number of esters is 1. The lowest BCUT2D eigenvalue weighted by Gasteiger charge is -2.12. The fourth-order valence-electron chi connectivity index (χ4n) is 3.68. The van der Waals surface area contributed by atoms with E-state index in [-0.39, 0.29) is 5.97 Å². The number of ether oxygens (including phenoxy) is 2. The van der Waals surface area contributed by atoms with E-state index in [0.29, 0.717) is 12.2 Å². The van der Waals surface area contributed by atoms with Gasteiger partial charge in [0, 0.05) is 5.39 Å². The summed E-state index contributed by atoms with van der Waals surface area (Å²) in [6, 6.07) is 15.8. The van der Waals surface area contributed by atoms with Gasteiger partial charge in [-0.3, -0.25) is 0 Å². The minimum absolute atomic E-state index is 0.248. The molecular weight excluding hydrogens is 350 g/mol. The number of aromatic nitrogens is 1. The molecule has 0 saturated heterocycles. The van der Waals surface area contributed by atoms with Crippen molar-refractivity contribution in [3.05, 3.63) is 70.9 Å². The second kappa shape index (κ2) is 7.85. The largest absolute Gasteiger partial charge is 0.497 e. The van der Waals surface area contributed by atoms with Crippen LogP contribution in [-0.2, 0) is 11.2 Å². The molecule has 0 fully saturated rings. The SMILES string of the molecule is CCCOC(=O)c1c2c(nc3ccccc13)/C(=C/c1ccc(OC)cc1)CC2. The quantitative estimate of drug-likeness (QED) is 0.570. The molecular formula is C24H23NO3. The smallest absolute Gasteiger partial charge is 0.339 e. The summed E-state index contributed by atoms with van der Waals surface area (Å²) in [5, 5.41) is 0.869. The van der Waals surface area contributed by atoms with Crippen molar-refractivity contribution >= 4 is 28.5 Å². The van der Waals surface area contributed by atoms with E-state index in [9.17, 15) is 4.79 Å². The summed E-state index contributed by atoms with van der Waals surface area (Å²) >= 11 is 0. The van der Waals surface area contributed by atoms with Gasteiger partial charge in [0.05, 0.1) is 30.5 Å². The van der Waals surface area contributed by atoms with Crippen LogP contribution in [0.15, 0.2) is 48.5 Å². The molecule has 4 nitrogen and oxygen atoms in total. The number of pyridine rings is 1. The highest BCUT2D eigenvalue weighted by atomic mass is 16.5. The lowest BCUT2D eigenvalue weighted by molar-refractivity contribution is 0.0506. The first-order chi connectivity index (χ1) is 13.7. The third-order valence-electron chi connectivity index (χ3n) is 5.04. The number of fused-ring (bicyclic) bond motifs is 2. The number of carbonyl (C=O) groups is 1. The zero-order valence-electron chi connectivity index (χ0n) is 16.2. The number of rotatable bonds is 5. The summed E-state index contributed by atoms with van der Waals surface area (Å²) < 4.78 is 10.7. The van der Waals surface area contributed by atoms with Crippen molar-refractivity contribution in [1.82, 2.24) is 4.98 Å². The molecule has 0 amide bonds. The van der Waals surface area contributed by atoms with Crippen LogP contribution in [0.3, 0.4) is 0 Å². The highest BCUT2D eigenvalue weighted by molar-refractivity contribution is 6.07. The third-order valence-corrected chi connectivity index (χ3v) is 5.04. The van der Waals surface area contributed by atoms with Crippen LogP contribution < -0.4 is 4.74 Å². The number of allylic oxidation sites excluding steroid dienone is 1. The first kappa shape index (κ1) is 18.2. The number of hydrogen-bond acceptors (Lipinski definition) is 4. The van der Waals surface area contributed by atoms with Crippen LogP contribution >= 0.6 is 0 Å². The van der Waals surface area contributed by atoms with Gasteiger partial charge in [-0.25, -0.2) is 9.78 Å². The number of hydrogen-bond donors (Lipinski definition) is 0. The highest BCUT2D eigenvalue weighted by Crippen LogP contribution is 2.37. The molecule has 0 atom stereocenters. The van der Waals surface area contributed by atoms with Gasteiger partial charge < -0.3 is 9.47 Å². The minimum atomic E-state index is -0.248. The standard InChI is InChI=1S/C24H23NO3/c1-3-14-28-24(26)22-19-6-4-5-7-21(19)25-23-17(10-13-20(22)23)15-16-8-11-18(27-2)12-9-16/h4-9,11-12,15H,3,10,13-14H2,1-2H3/b17-15+. The van der Waals surface area contributed by atoms with Crippen molar-refractivity contribution in [1.29, 1.82) is 0 Å². The zero-order valence-corrected chi connectivity index (χ0v) is 16.2. The second-order valence-corrected chi connectivity index (χ2v) is 6.91. The topological polar surface area (TPSA) is 48.4 Å². The molecule has 142 valence electrons. The van der Waals surface area contributed by atoms with E-state index in [1.54, 1.807) is 7.11 Å². The molecule has 3 aromatic rings. The fraction of sp³-hybridized carbons (Fsp3) is 0.250. The molecule has 28 heavy (non-hydrogen) atoms. The van der Waals surface area contributed by atoms with Gasteiger partial charge in [0.1, 0.15) is 5.75 Å². The van der Waals surface area contributed by atoms with Gasteiger partial charge in [-0.1, -0.05) is 37.3 Å². The van der Waals surface area contributed by atoms with Gasteiger partial charge in [0.15, 0.2) is 0 Å². The third kappa shape index (κ3) is 3.38. The monoisotopic (exact) mass is 373 g/mol. The van der Waals surface area contributed by atoms with Crippen molar-refractivity contribution in [2.45, 2.75) is 26.2 Å². The van der Waals surface area contributed by atoms with Gasteiger partial charge in [-0.15, -0.1) is 0 Å². The summed E-state index contributed by atoms with van der Waals surface area (Å²) in [6.07, 6.45) is 4.61. The molecule has 2 aromatic carbocycles. The molecule has 0 spiro atoms. The summed E-state index contributed by atoms with van der Waals surface area (Å²) in [5.74, 6) is 0.585. The molecule has 0 bridgehead atoms. The van der Waals surface area contributed by atoms with E-state index >= 15 is 0 Å². The Morgan fingerprint density at radius 1 is 1.11 bits per heavy atom. The normalized spacial score (nSPS) is 14.3. The Labute approximate surface area is 164 Å². The zero-order chi connectivity index (χ0) is 19.5. The molecule has 1 heterocycles. The van der Waals surface area contributed by atoms with Crippen molar-refractivity contribution in [2.24, 2.45) is 0 Å². The lowest BCUT2D eigenvalue weighted by atomic mass is 10.0. The number of carbonyl (C=O) groups excluding carboxylic acids is 1. The molecule has 1 aromatic heterocycles. The predicted octanol–water partition coefficient (Wildman–Crippen LogP) is 5.30. The van der Waals surface area contributed by atoms with Crippen molar-refractivity contribution in [2.75, 3.05) is 13.7 Å². The van der Waals surface area contributed by atoms with Crippen LogP contribution in [0.25, 0.3) is 22.6 Å². The lowest BCUT2D eigenvalue weighted by Crippen LogP contribution is -2.11. The molecule has 1 aliphatic rings. The van der Waals surface area contributed by atoms with E-state index < -0.39 is 0 Å². The van der Waals surface area contributed by atoms with Crippen molar-refractivity contribution < 1.29 is 14.3 Å². The Morgan fingerprint density at radius 2 is 1.89 bits per heavy atom. The Kier molecular flexibility index (Phi) is 5.11. The van der Waals surface area contributed by atoms with Crippen molar-refractivity contribution in [3.63, 3.8) is 0 Å². The number of para-hydroxylation sites is 1. The van der Waals surface area contributed by atoms with Crippen LogP contribution in [0.4, 0.5) is 0 Å².